The number of hydrogen-bond donors (Lipinski definition) is 3. The molecule has 4 nitrogen and oxygen atoms in total. The van der Waals surface area contributed by atoms with E-state index in [0.29, 0.717) is 18.5 Å². The fourth-order valence-corrected chi connectivity index (χ4v) is 2.19. The van der Waals surface area contributed by atoms with E-state index in [4.69, 9.17) is 5.73 Å². The average molecular weight is 284 g/mol. The molecule has 0 heterocycles. The van der Waals surface area contributed by atoms with Crippen LogP contribution in [0.5, 0.6) is 0 Å². The van der Waals surface area contributed by atoms with Crippen molar-refractivity contribution in [2.24, 2.45) is 0 Å². The predicted octanol–water partition coefficient (Wildman–Crippen LogP) is 2.05. The molecule has 1 atom stereocenters. The highest BCUT2D eigenvalue weighted by Gasteiger charge is 2.13. The van der Waals surface area contributed by atoms with Crippen LogP contribution < -0.4 is 11.1 Å². The molecular formula is C17H20N2O2. The molecule has 4 N–H and O–H groups in total. The highest BCUT2D eigenvalue weighted by molar-refractivity contribution is 5.76. The predicted molar refractivity (Wildman–Crippen MR) is 83.6 cm³/mol. The molecule has 2 aromatic rings. The second kappa shape index (κ2) is 7.45. The average Bonchev–Trinajstić information content (AvgIpc) is 2.51. The molecule has 21 heavy (non-hydrogen) atoms. The van der Waals surface area contributed by atoms with E-state index in [9.17, 15) is 9.90 Å². The van der Waals surface area contributed by atoms with Gasteiger partial charge >= 0.3 is 0 Å². The van der Waals surface area contributed by atoms with Crippen molar-refractivity contribution in [1.29, 1.82) is 0 Å². The lowest BCUT2D eigenvalue weighted by atomic mass is 10.1. The van der Waals surface area contributed by atoms with Crippen molar-refractivity contribution >= 4 is 11.6 Å². The lowest BCUT2D eigenvalue weighted by molar-refractivity contribution is -0.122. The number of aryl methyl sites for hydroxylation is 1. The van der Waals surface area contributed by atoms with Gasteiger partial charge in [-0.05, 0) is 29.7 Å². The molecule has 0 saturated heterocycles. The third-order valence-corrected chi connectivity index (χ3v) is 3.31. The van der Waals surface area contributed by atoms with E-state index in [1.54, 1.807) is 0 Å². The third kappa shape index (κ3) is 4.61. The van der Waals surface area contributed by atoms with E-state index in [1.165, 1.54) is 0 Å². The van der Waals surface area contributed by atoms with Gasteiger partial charge in [-0.25, -0.2) is 0 Å². The van der Waals surface area contributed by atoms with E-state index in [2.05, 4.69) is 5.32 Å². The maximum Gasteiger partial charge on any atom is 0.220 e. The largest absolute Gasteiger partial charge is 0.399 e. The summed E-state index contributed by atoms with van der Waals surface area (Å²) in [7, 11) is 0. The number of amides is 1. The van der Waals surface area contributed by atoms with Crippen LogP contribution in [-0.4, -0.2) is 17.6 Å². The van der Waals surface area contributed by atoms with Crippen LogP contribution in [0.3, 0.4) is 0 Å². The number of nitrogen functional groups attached to an aromatic ring is 1. The number of rotatable bonds is 6. The van der Waals surface area contributed by atoms with Gasteiger partial charge in [-0.1, -0.05) is 42.5 Å². The molecule has 0 aliphatic rings. The van der Waals surface area contributed by atoms with Gasteiger partial charge in [-0.2, -0.15) is 0 Å². The molecule has 0 saturated carbocycles. The Labute approximate surface area is 124 Å². The maximum absolute atomic E-state index is 12.0. The molecule has 0 aliphatic heterocycles. The van der Waals surface area contributed by atoms with Gasteiger partial charge in [0, 0.05) is 12.1 Å². The van der Waals surface area contributed by atoms with Crippen molar-refractivity contribution in [3.05, 3.63) is 65.7 Å². The molecule has 0 bridgehead atoms. The molecule has 0 aromatic heterocycles. The fourth-order valence-electron chi connectivity index (χ4n) is 2.19. The molecule has 2 rings (SSSR count). The van der Waals surface area contributed by atoms with Gasteiger partial charge in [-0.15, -0.1) is 0 Å². The van der Waals surface area contributed by atoms with Crippen LogP contribution >= 0.6 is 0 Å². The Morgan fingerprint density at radius 1 is 1.14 bits per heavy atom. The number of benzene rings is 2. The Balaban J connectivity index is 1.89. The van der Waals surface area contributed by atoms with Gasteiger partial charge in [0.2, 0.25) is 5.91 Å². The molecule has 110 valence electrons. The minimum atomic E-state index is -0.362. The lowest BCUT2D eigenvalue weighted by Crippen LogP contribution is -2.30. The maximum atomic E-state index is 12.0. The first-order valence-electron chi connectivity index (χ1n) is 6.98. The molecular weight excluding hydrogens is 264 g/mol. The summed E-state index contributed by atoms with van der Waals surface area (Å²) in [6.45, 7) is -0.117. The summed E-state index contributed by atoms with van der Waals surface area (Å²) in [6, 6.07) is 16.6. The normalized spacial score (nSPS) is 11.9. The third-order valence-electron chi connectivity index (χ3n) is 3.31. The number of aliphatic hydroxyl groups is 1. The van der Waals surface area contributed by atoms with Crippen LogP contribution in [0, 0.1) is 0 Å². The highest BCUT2D eigenvalue weighted by Crippen LogP contribution is 2.13. The van der Waals surface area contributed by atoms with Crippen LogP contribution in [-0.2, 0) is 11.2 Å². The summed E-state index contributed by atoms with van der Waals surface area (Å²) in [5, 5.41) is 12.3. The smallest absolute Gasteiger partial charge is 0.220 e. The van der Waals surface area contributed by atoms with Crippen LogP contribution in [0.1, 0.15) is 23.6 Å². The van der Waals surface area contributed by atoms with Crippen LogP contribution in [0.2, 0.25) is 0 Å². The summed E-state index contributed by atoms with van der Waals surface area (Å²) in [5.74, 6) is -0.0830. The van der Waals surface area contributed by atoms with E-state index in [0.717, 1.165) is 11.1 Å². The molecule has 1 amide bonds. The molecule has 0 fully saturated rings. The molecule has 0 spiro atoms. The second-order valence-corrected chi connectivity index (χ2v) is 4.96. The Morgan fingerprint density at radius 2 is 1.90 bits per heavy atom. The first-order valence-corrected chi connectivity index (χ1v) is 6.98. The SMILES string of the molecule is Nc1cccc(CCC(=O)N[C@H](CO)c2ccccc2)c1. The Hall–Kier alpha value is -2.33. The van der Waals surface area contributed by atoms with Gasteiger partial charge in [-0.3, -0.25) is 4.79 Å². The number of carbonyl (C=O) groups is 1. The summed E-state index contributed by atoms with van der Waals surface area (Å²) in [4.78, 5) is 12.0. The number of carbonyl (C=O) groups excluding carboxylic acids is 1. The van der Waals surface area contributed by atoms with Gasteiger partial charge in [0.25, 0.3) is 0 Å². The zero-order valence-electron chi connectivity index (χ0n) is 11.8. The fraction of sp³-hybridized carbons (Fsp3) is 0.235. The monoisotopic (exact) mass is 284 g/mol. The topological polar surface area (TPSA) is 75.4 Å². The van der Waals surface area contributed by atoms with Crippen molar-refractivity contribution < 1.29 is 9.90 Å². The van der Waals surface area contributed by atoms with Crippen LogP contribution in [0.15, 0.2) is 54.6 Å². The zero-order chi connectivity index (χ0) is 15.1. The Bertz CT molecular complexity index is 584. The summed E-state index contributed by atoms with van der Waals surface area (Å²) >= 11 is 0. The molecule has 0 unspecified atom stereocenters. The van der Waals surface area contributed by atoms with Gasteiger partial charge in [0.1, 0.15) is 0 Å². The van der Waals surface area contributed by atoms with E-state index >= 15 is 0 Å². The highest BCUT2D eigenvalue weighted by atomic mass is 16.3. The molecule has 0 radical (unpaired) electrons. The van der Waals surface area contributed by atoms with Crippen molar-refractivity contribution in [3.63, 3.8) is 0 Å². The Morgan fingerprint density at radius 3 is 2.57 bits per heavy atom. The van der Waals surface area contributed by atoms with Crippen LogP contribution in [0.4, 0.5) is 5.69 Å². The van der Waals surface area contributed by atoms with Gasteiger partial charge in [0.05, 0.1) is 12.6 Å². The van der Waals surface area contributed by atoms with Crippen molar-refractivity contribution in [2.45, 2.75) is 18.9 Å². The summed E-state index contributed by atoms with van der Waals surface area (Å²) < 4.78 is 0. The summed E-state index contributed by atoms with van der Waals surface area (Å²) in [6.07, 6.45) is 0.997. The van der Waals surface area contributed by atoms with E-state index < -0.39 is 0 Å². The van der Waals surface area contributed by atoms with Crippen LogP contribution in [0.25, 0.3) is 0 Å². The van der Waals surface area contributed by atoms with E-state index in [-0.39, 0.29) is 18.6 Å². The number of nitrogens with one attached hydrogen (secondary N) is 1. The first kappa shape index (κ1) is 15.1. The molecule has 2 aromatic carbocycles. The zero-order valence-corrected chi connectivity index (χ0v) is 11.8. The van der Waals surface area contributed by atoms with Crippen molar-refractivity contribution in [3.8, 4) is 0 Å². The molecule has 0 aliphatic carbocycles. The molecule has 4 heteroatoms. The second-order valence-electron chi connectivity index (χ2n) is 4.96. The van der Waals surface area contributed by atoms with E-state index in [1.807, 2.05) is 54.6 Å². The first-order chi connectivity index (χ1) is 10.2. The van der Waals surface area contributed by atoms with Crippen molar-refractivity contribution in [1.82, 2.24) is 5.32 Å². The number of anilines is 1. The number of hydrogen-bond acceptors (Lipinski definition) is 3. The van der Waals surface area contributed by atoms with Gasteiger partial charge < -0.3 is 16.2 Å². The van der Waals surface area contributed by atoms with Gasteiger partial charge in [0.15, 0.2) is 0 Å². The number of nitrogens with two attached hydrogens (primary N) is 1. The minimum absolute atomic E-state index is 0.0830. The quantitative estimate of drug-likeness (QED) is 0.711. The standard InChI is InChI=1S/C17H20N2O2/c18-15-8-4-5-13(11-15)9-10-17(21)19-16(12-20)14-6-2-1-3-7-14/h1-8,11,16,20H,9-10,12,18H2,(H,19,21)/t16-/m1/s1. The Kier molecular flexibility index (Phi) is 5.35. The lowest BCUT2D eigenvalue weighted by Gasteiger charge is -2.16. The minimum Gasteiger partial charge on any atom is -0.399 e. The summed E-state index contributed by atoms with van der Waals surface area (Å²) in [5.41, 5.74) is 8.34. The van der Waals surface area contributed by atoms with Crippen molar-refractivity contribution in [2.75, 3.05) is 12.3 Å². The number of aliphatic hydroxyl groups excluding tert-OH is 1.